The van der Waals surface area contributed by atoms with Crippen molar-refractivity contribution < 1.29 is 4.79 Å². The van der Waals surface area contributed by atoms with E-state index < -0.39 is 0 Å². The summed E-state index contributed by atoms with van der Waals surface area (Å²) in [5.74, 6) is 0.487. The van der Waals surface area contributed by atoms with Gasteiger partial charge in [-0.05, 0) is 42.7 Å². The summed E-state index contributed by atoms with van der Waals surface area (Å²) in [5.41, 5.74) is 4.16. The number of H-pyrrole nitrogens is 1. The van der Waals surface area contributed by atoms with Crippen molar-refractivity contribution in [1.82, 2.24) is 14.8 Å². The molecule has 0 saturated carbocycles. The summed E-state index contributed by atoms with van der Waals surface area (Å²) in [6.45, 7) is 2.50. The van der Waals surface area contributed by atoms with Crippen molar-refractivity contribution in [3.8, 4) is 0 Å². The van der Waals surface area contributed by atoms with Crippen LogP contribution in [-0.2, 0) is 17.8 Å². The van der Waals surface area contributed by atoms with Crippen molar-refractivity contribution in [3.63, 3.8) is 0 Å². The van der Waals surface area contributed by atoms with Gasteiger partial charge in [-0.3, -0.25) is 9.48 Å². The Morgan fingerprint density at radius 2 is 1.97 bits per heavy atom. The smallest absolute Gasteiger partial charge is 0.225 e. The van der Waals surface area contributed by atoms with Crippen LogP contribution in [0.4, 0.5) is 5.82 Å². The normalized spacial score (nSPS) is 11.1. The van der Waals surface area contributed by atoms with E-state index in [9.17, 15) is 4.79 Å². The third-order valence-electron chi connectivity index (χ3n) is 4.86. The number of hydrogen-bond donors (Lipinski definition) is 2. The molecule has 0 fully saturated rings. The van der Waals surface area contributed by atoms with Crippen molar-refractivity contribution in [3.05, 3.63) is 81.6 Å². The molecule has 1 amide bonds. The molecular weight excluding hydrogens is 407 g/mol. The molecule has 0 aliphatic carbocycles. The van der Waals surface area contributed by atoms with Crippen molar-refractivity contribution in [2.75, 3.05) is 5.32 Å². The monoisotopic (exact) mass is 426 g/mol. The third-order valence-corrected chi connectivity index (χ3v) is 5.60. The zero-order valence-electron chi connectivity index (χ0n) is 15.9. The quantitative estimate of drug-likeness (QED) is 0.421. The second kappa shape index (κ2) is 8.31. The van der Waals surface area contributed by atoms with Crippen LogP contribution in [0.15, 0.2) is 54.7 Å². The van der Waals surface area contributed by atoms with Crippen LogP contribution in [0.3, 0.4) is 0 Å². The fraction of sp³-hybridized carbons (Fsp3) is 0.182. The van der Waals surface area contributed by atoms with Gasteiger partial charge >= 0.3 is 0 Å². The Balaban J connectivity index is 1.38. The maximum absolute atomic E-state index is 12.4. The lowest BCUT2D eigenvalue weighted by Crippen LogP contribution is -2.13. The molecular formula is C22H20Cl2N4O. The predicted octanol–water partition coefficient (Wildman–Crippen LogP) is 5.60. The summed E-state index contributed by atoms with van der Waals surface area (Å²) in [6.07, 6.45) is 3.02. The zero-order valence-corrected chi connectivity index (χ0v) is 17.4. The van der Waals surface area contributed by atoms with Gasteiger partial charge in [-0.1, -0.05) is 47.5 Å². The molecule has 0 saturated heterocycles. The lowest BCUT2D eigenvalue weighted by molar-refractivity contribution is -0.116. The Kier molecular flexibility index (Phi) is 5.60. The van der Waals surface area contributed by atoms with Gasteiger partial charge in [0.15, 0.2) is 5.82 Å². The summed E-state index contributed by atoms with van der Waals surface area (Å²) >= 11 is 12.1. The number of nitrogens with zero attached hydrogens (tertiary/aromatic N) is 2. The van der Waals surface area contributed by atoms with E-state index in [4.69, 9.17) is 23.2 Å². The molecule has 0 spiro atoms. The maximum atomic E-state index is 12.4. The number of carbonyl (C=O) groups excluding carboxylic acids is 1. The molecule has 4 aromatic rings. The molecule has 2 heterocycles. The highest BCUT2D eigenvalue weighted by atomic mass is 35.5. The highest BCUT2D eigenvalue weighted by Crippen LogP contribution is 2.23. The van der Waals surface area contributed by atoms with E-state index in [0.29, 0.717) is 35.2 Å². The third kappa shape index (κ3) is 4.47. The Labute approximate surface area is 178 Å². The number of nitrogens with one attached hydrogen (secondary N) is 2. The second-order valence-corrected chi connectivity index (χ2v) is 7.80. The maximum Gasteiger partial charge on any atom is 0.225 e. The van der Waals surface area contributed by atoms with Gasteiger partial charge in [-0.2, -0.15) is 5.10 Å². The van der Waals surface area contributed by atoms with Crippen molar-refractivity contribution >= 4 is 45.8 Å². The average molecular weight is 427 g/mol. The number of aromatic amines is 1. The first kappa shape index (κ1) is 19.6. The topological polar surface area (TPSA) is 62.7 Å². The van der Waals surface area contributed by atoms with Gasteiger partial charge in [0.2, 0.25) is 5.91 Å². The summed E-state index contributed by atoms with van der Waals surface area (Å²) < 4.78 is 1.83. The summed E-state index contributed by atoms with van der Waals surface area (Å²) in [7, 11) is 0. The molecule has 29 heavy (non-hydrogen) atoms. The predicted molar refractivity (Wildman–Crippen MR) is 118 cm³/mol. The Morgan fingerprint density at radius 1 is 1.14 bits per heavy atom. The van der Waals surface area contributed by atoms with Gasteiger partial charge in [0.25, 0.3) is 0 Å². The van der Waals surface area contributed by atoms with Crippen molar-refractivity contribution in [2.45, 2.75) is 26.3 Å². The van der Waals surface area contributed by atoms with Gasteiger partial charge in [0.05, 0.1) is 16.6 Å². The van der Waals surface area contributed by atoms with E-state index in [-0.39, 0.29) is 5.91 Å². The number of amides is 1. The number of aryl methyl sites for hydroxylation is 2. The van der Waals surface area contributed by atoms with Gasteiger partial charge in [0, 0.05) is 35.3 Å². The Hall–Kier alpha value is -2.76. The number of benzene rings is 2. The number of halogens is 2. The van der Waals surface area contributed by atoms with Crippen LogP contribution in [0.1, 0.15) is 23.2 Å². The van der Waals surface area contributed by atoms with E-state index in [1.54, 1.807) is 6.07 Å². The number of fused-ring (bicyclic) bond motifs is 1. The Bertz CT molecular complexity index is 1180. The number of anilines is 1. The van der Waals surface area contributed by atoms with Gasteiger partial charge in [-0.15, -0.1) is 0 Å². The summed E-state index contributed by atoms with van der Waals surface area (Å²) in [4.78, 5) is 15.6. The van der Waals surface area contributed by atoms with Crippen LogP contribution in [0.25, 0.3) is 10.9 Å². The molecule has 7 heteroatoms. The first-order valence-electron chi connectivity index (χ1n) is 9.33. The zero-order chi connectivity index (χ0) is 20.4. The molecule has 0 unspecified atom stereocenters. The summed E-state index contributed by atoms with van der Waals surface area (Å²) in [5, 5.41) is 9.58. The van der Waals surface area contributed by atoms with Crippen LogP contribution in [0, 0.1) is 6.92 Å². The molecule has 0 aliphatic heterocycles. The molecule has 0 atom stereocenters. The molecule has 2 N–H and O–H groups in total. The van der Waals surface area contributed by atoms with E-state index in [1.807, 2.05) is 54.2 Å². The van der Waals surface area contributed by atoms with Crippen molar-refractivity contribution in [2.24, 2.45) is 0 Å². The average Bonchev–Trinajstić information content (AvgIpc) is 3.26. The van der Waals surface area contributed by atoms with Gasteiger partial charge in [0.1, 0.15) is 0 Å². The van der Waals surface area contributed by atoms with Crippen LogP contribution in [-0.4, -0.2) is 20.7 Å². The lowest BCUT2D eigenvalue weighted by atomic mass is 10.1. The number of carbonyl (C=O) groups is 1. The molecule has 0 radical (unpaired) electrons. The molecule has 2 aromatic heterocycles. The van der Waals surface area contributed by atoms with E-state index in [2.05, 4.69) is 21.5 Å². The van der Waals surface area contributed by atoms with E-state index in [1.165, 1.54) is 0 Å². The molecule has 0 bridgehead atoms. The minimum atomic E-state index is -0.0607. The first-order chi connectivity index (χ1) is 14.0. The van der Waals surface area contributed by atoms with E-state index >= 15 is 0 Å². The number of aromatic nitrogens is 3. The standard InChI is InChI=1S/C22H20Cl2N4O/c1-14-10-21(27-28(14)13-15-6-8-18(23)19(24)11-15)26-22(29)9-7-16-12-25-20-5-3-2-4-17(16)20/h2-6,8,10-12,25H,7,9,13H2,1H3,(H,26,27,29). The minimum Gasteiger partial charge on any atom is -0.361 e. The van der Waals surface area contributed by atoms with Gasteiger partial charge < -0.3 is 10.3 Å². The molecule has 2 aromatic carbocycles. The highest BCUT2D eigenvalue weighted by Gasteiger charge is 2.11. The minimum absolute atomic E-state index is 0.0607. The SMILES string of the molecule is Cc1cc(NC(=O)CCc2c[nH]c3ccccc23)nn1Cc1ccc(Cl)c(Cl)c1. The number of para-hydroxylation sites is 1. The fourth-order valence-electron chi connectivity index (χ4n) is 3.33. The molecule has 148 valence electrons. The largest absolute Gasteiger partial charge is 0.361 e. The molecule has 5 nitrogen and oxygen atoms in total. The fourth-order valence-corrected chi connectivity index (χ4v) is 3.65. The van der Waals surface area contributed by atoms with Crippen LogP contribution in [0.5, 0.6) is 0 Å². The van der Waals surface area contributed by atoms with Crippen molar-refractivity contribution in [1.29, 1.82) is 0 Å². The van der Waals surface area contributed by atoms with Crippen LogP contribution >= 0.6 is 23.2 Å². The number of hydrogen-bond acceptors (Lipinski definition) is 2. The Morgan fingerprint density at radius 3 is 2.79 bits per heavy atom. The summed E-state index contributed by atoms with van der Waals surface area (Å²) in [6, 6.07) is 15.5. The van der Waals surface area contributed by atoms with Crippen LogP contribution < -0.4 is 5.32 Å². The highest BCUT2D eigenvalue weighted by molar-refractivity contribution is 6.42. The second-order valence-electron chi connectivity index (χ2n) is 6.98. The van der Waals surface area contributed by atoms with Crippen LogP contribution in [0.2, 0.25) is 10.0 Å². The van der Waals surface area contributed by atoms with E-state index in [0.717, 1.165) is 27.7 Å². The molecule has 0 aliphatic rings. The first-order valence-corrected chi connectivity index (χ1v) is 10.1. The lowest BCUT2D eigenvalue weighted by Gasteiger charge is -2.06. The van der Waals surface area contributed by atoms with Gasteiger partial charge in [-0.25, -0.2) is 0 Å². The number of rotatable bonds is 6. The molecule has 4 rings (SSSR count).